The third kappa shape index (κ3) is 6.08. The van der Waals surface area contributed by atoms with E-state index in [0.717, 1.165) is 5.69 Å². The molecule has 2 aliphatic rings. The normalized spacial score (nSPS) is 19.7. The standard InChI is InChI=1S/C25H29BrN6O5/c1-3-20-15-31(7-8-37-20)25(34)21-10-17(26)11-22(32(35)36)23(21)29-18-5-4-6-30(14-18)24(33)16-9-19(27-2)13-28-12-16/h3,9-13,18,20,27,29H,1,4-8,14-15H2,2H3/t18-,20-/m1/s1. The molecule has 2 fully saturated rings. The van der Waals surface area contributed by atoms with Crippen LogP contribution in [0.3, 0.4) is 0 Å². The van der Waals surface area contributed by atoms with Gasteiger partial charge in [0, 0.05) is 55.7 Å². The van der Waals surface area contributed by atoms with Crippen molar-refractivity contribution in [2.75, 3.05) is 50.5 Å². The number of hydrogen-bond donors (Lipinski definition) is 2. The van der Waals surface area contributed by atoms with E-state index >= 15 is 0 Å². The smallest absolute Gasteiger partial charge is 0.294 e. The predicted molar refractivity (Wildman–Crippen MR) is 143 cm³/mol. The van der Waals surface area contributed by atoms with Gasteiger partial charge in [-0.2, -0.15) is 0 Å². The zero-order valence-corrected chi connectivity index (χ0v) is 22.1. The van der Waals surface area contributed by atoms with Crippen molar-refractivity contribution >= 4 is 44.8 Å². The number of likely N-dealkylation sites (tertiary alicyclic amines) is 1. The zero-order chi connectivity index (χ0) is 26.5. The van der Waals surface area contributed by atoms with Crippen LogP contribution in [0.2, 0.25) is 0 Å². The summed E-state index contributed by atoms with van der Waals surface area (Å²) in [6.45, 7) is 5.67. The van der Waals surface area contributed by atoms with Crippen molar-refractivity contribution in [3.05, 3.63) is 69.0 Å². The lowest BCUT2D eigenvalue weighted by molar-refractivity contribution is -0.384. The van der Waals surface area contributed by atoms with E-state index in [1.807, 2.05) is 0 Å². The summed E-state index contributed by atoms with van der Waals surface area (Å²) in [4.78, 5) is 45.6. The number of morpholine rings is 1. The number of amides is 2. The third-order valence-corrected chi connectivity index (χ3v) is 6.94. The minimum absolute atomic E-state index is 0.151. The van der Waals surface area contributed by atoms with Crippen LogP contribution in [0, 0.1) is 10.1 Å². The van der Waals surface area contributed by atoms with E-state index in [2.05, 4.69) is 38.1 Å². The van der Waals surface area contributed by atoms with Crippen molar-refractivity contribution in [2.24, 2.45) is 0 Å². The maximum Gasteiger partial charge on any atom is 0.294 e. The summed E-state index contributed by atoms with van der Waals surface area (Å²) in [5, 5.41) is 18.2. The molecular weight excluding hydrogens is 544 g/mol. The number of rotatable bonds is 7. The second kappa shape index (κ2) is 11.7. The van der Waals surface area contributed by atoms with Crippen molar-refractivity contribution in [3.63, 3.8) is 0 Å². The Bertz CT molecular complexity index is 1210. The Labute approximate surface area is 223 Å². The second-order valence-corrected chi connectivity index (χ2v) is 9.86. The first-order valence-corrected chi connectivity index (χ1v) is 12.8. The van der Waals surface area contributed by atoms with Gasteiger partial charge < -0.3 is 25.2 Å². The van der Waals surface area contributed by atoms with E-state index < -0.39 is 4.92 Å². The quantitative estimate of drug-likeness (QED) is 0.292. The van der Waals surface area contributed by atoms with Gasteiger partial charge in [0.2, 0.25) is 0 Å². The first-order chi connectivity index (χ1) is 17.8. The lowest BCUT2D eigenvalue weighted by atomic mass is 10.0. The van der Waals surface area contributed by atoms with Gasteiger partial charge in [0.05, 0.1) is 41.0 Å². The number of halogens is 1. The number of nitro benzene ring substituents is 1. The summed E-state index contributed by atoms with van der Waals surface area (Å²) in [7, 11) is 1.75. The predicted octanol–water partition coefficient (Wildman–Crippen LogP) is 3.54. The summed E-state index contributed by atoms with van der Waals surface area (Å²) < 4.78 is 6.00. The highest BCUT2D eigenvalue weighted by Gasteiger charge is 2.32. The molecule has 37 heavy (non-hydrogen) atoms. The molecule has 0 unspecified atom stereocenters. The van der Waals surface area contributed by atoms with Crippen LogP contribution in [-0.4, -0.2) is 83.5 Å². The van der Waals surface area contributed by atoms with Crippen LogP contribution in [0.1, 0.15) is 33.6 Å². The molecule has 1 aromatic carbocycles. The van der Waals surface area contributed by atoms with Crippen molar-refractivity contribution < 1.29 is 19.2 Å². The molecule has 4 rings (SSSR count). The van der Waals surface area contributed by atoms with Gasteiger partial charge >= 0.3 is 0 Å². The molecule has 0 saturated carbocycles. The number of carbonyl (C=O) groups is 2. The number of aromatic nitrogens is 1. The van der Waals surface area contributed by atoms with Crippen LogP contribution in [0.15, 0.2) is 47.7 Å². The van der Waals surface area contributed by atoms with Crippen LogP contribution in [0.25, 0.3) is 0 Å². The summed E-state index contributed by atoms with van der Waals surface area (Å²) in [6, 6.07) is 4.43. The van der Waals surface area contributed by atoms with E-state index in [4.69, 9.17) is 4.74 Å². The van der Waals surface area contributed by atoms with Crippen molar-refractivity contribution in [1.29, 1.82) is 0 Å². The second-order valence-electron chi connectivity index (χ2n) is 8.95. The van der Waals surface area contributed by atoms with Gasteiger partial charge in [-0.15, -0.1) is 6.58 Å². The molecule has 0 aliphatic carbocycles. The Morgan fingerprint density at radius 1 is 1.22 bits per heavy atom. The number of anilines is 2. The third-order valence-electron chi connectivity index (χ3n) is 6.48. The van der Waals surface area contributed by atoms with Crippen LogP contribution < -0.4 is 10.6 Å². The maximum atomic E-state index is 13.5. The Kier molecular flexibility index (Phi) is 8.39. The van der Waals surface area contributed by atoms with Gasteiger partial charge in [-0.3, -0.25) is 24.7 Å². The first kappa shape index (κ1) is 26.6. The van der Waals surface area contributed by atoms with Gasteiger partial charge in [-0.25, -0.2) is 0 Å². The lowest BCUT2D eigenvalue weighted by Gasteiger charge is -2.35. The molecule has 2 N–H and O–H groups in total. The van der Waals surface area contributed by atoms with Crippen LogP contribution in [0.5, 0.6) is 0 Å². The van der Waals surface area contributed by atoms with Crippen molar-refractivity contribution in [2.45, 2.75) is 25.0 Å². The Balaban J connectivity index is 1.59. The zero-order valence-electron chi connectivity index (χ0n) is 20.5. The first-order valence-electron chi connectivity index (χ1n) is 12.0. The number of benzene rings is 1. The van der Waals surface area contributed by atoms with Crippen LogP contribution in [0.4, 0.5) is 17.1 Å². The Morgan fingerprint density at radius 3 is 2.73 bits per heavy atom. The summed E-state index contributed by atoms with van der Waals surface area (Å²) in [5.74, 6) is -0.498. The van der Waals surface area contributed by atoms with E-state index in [0.29, 0.717) is 55.7 Å². The highest BCUT2D eigenvalue weighted by Crippen LogP contribution is 2.35. The van der Waals surface area contributed by atoms with E-state index in [9.17, 15) is 19.7 Å². The van der Waals surface area contributed by atoms with Crippen LogP contribution in [-0.2, 0) is 4.74 Å². The highest BCUT2D eigenvalue weighted by molar-refractivity contribution is 9.10. The minimum atomic E-state index is -0.504. The fourth-order valence-corrected chi connectivity index (χ4v) is 5.04. The number of carbonyl (C=O) groups excluding carboxylic acids is 2. The van der Waals surface area contributed by atoms with Gasteiger partial charge in [0.15, 0.2) is 0 Å². The van der Waals surface area contributed by atoms with Gasteiger partial charge in [-0.05, 0) is 25.0 Å². The molecule has 2 amide bonds. The molecule has 0 bridgehead atoms. The minimum Gasteiger partial charge on any atom is -0.387 e. The monoisotopic (exact) mass is 572 g/mol. The molecule has 12 heteroatoms. The molecule has 2 aliphatic heterocycles. The Hall–Kier alpha value is -3.51. The molecule has 1 aromatic heterocycles. The number of nitrogens with one attached hydrogen (secondary N) is 2. The van der Waals surface area contributed by atoms with Gasteiger partial charge in [0.1, 0.15) is 5.69 Å². The molecule has 3 heterocycles. The average molecular weight is 573 g/mol. The molecule has 0 spiro atoms. The van der Waals surface area contributed by atoms with E-state index in [-0.39, 0.29) is 40.9 Å². The summed E-state index contributed by atoms with van der Waals surface area (Å²) in [6.07, 6.45) is 5.89. The number of nitro groups is 1. The largest absolute Gasteiger partial charge is 0.387 e. The van der Waals surface area contributed by atoms with Crippen LogP contribution >= 0.6 is 15.9 Å². The number of hydrogen-bond acceptors (Lipinski definition) is 8. The fraction of sp³-hybridized carbons (Fsp3) is 0.400. The van der Waals surface area contributed by atoms with Crippen molar-refractivity contribution in [1.82, 2.24) is 14.8 Å². The SMILES string of the molecule is C=C[C@@H]1CN(C(=O)c2cc(Br)cc([N+](=O)[O-])c2N[C@@H]2CCCN(C(=O)c3cncc(NC)c3)C2)CCO1. The molecule has 2 saturated heterocycles. The van der Waals surface area contributed by atoms with Gasteiger partial charge in [0.25, 0.3) is 17.5 Å². The summed E-state index contributed by atoms with van der Waals surface area (Å²) in [5.41, 5.74) is 1.33. The molecule has 0 radical (unpaired) electrons. The van der Waals surface area contributed by atoms with Gasteiger partial charge in [-0.1, -0.05) is 22.0 Å². The molecule has 2 atom stereocenters. The molecule has 11 nitrogen and oxygen atoms in total. The number of ether oxygens (including phenoxy) is 1. The summed E-state index contributed by atoms with van der Waals surface area (Å²) >= 11 is 3.32. The molecular formula is C25H29BrN6O5. The number of pyridine rings is 1. The average Bonchev–Trinajstić information content (AvgIpc) is 2.93. The Morgan fingerprint density at radius 2 is 2.00 bits per heavy atom. The molecule has 196 valence electrons. The molecule has 2 aromatic rings. The van der Waals surface area contributed by atoms with E-state index in [1.54, 1.807) is 41.3 Å². The maximum absolute atomic E-state index is 13.5. The lowest BCUT2D eigenvalue weighted by Crippen LogP contribution is -2.46. The topological polar surface area (TPSA) is 130 Å². The van der Waals surface area contributed by atoms with Crippen molar-refractivity contribution in [3.8, 4) is 0 Å². The highest BCUT2D eigenvalue weighted by atomic mass is 79.9. The van der Waals surface area contributed by atoms with E-state index in [1.165, 1.54) is 12.3 Å². The number of piperidine rings is 1. The fourth-order valence-electron chi connectivity index (χ4n) is 4.59. The number of nitrogens with zero attached hydrogens (tertiary/aromatic N) is 4.